The van der Waals surface area contributed by atoms with Gasteiger partial charge in [-0.15, -0.1) is 0 Å². The van der Waals surface area contributed by atoms with Crippen LogP contribution in [0.3, 0.4) is 0 Å². The molecule has 36 heavy (non-hydrogen) atoms. The molecule has 0 bridgehead atoms. The van der Waals surface area contributed by atoms with Crippen molar-refractivity contribution in [2.75, 3.05) is 23.7 Å². The normalized spacial score (nSPS) is 12.6. The van der Waals surface area contributed by atoms with E-state index in [1.807, 2.05) is 6.92 Å². The predicted molar refractivity (Wildman–Crippen MR) is 133 cm³/mol. The van der Waals surface area contributed by atoms with Crippen molar-refractivity contribution in [3.63, 3.8) is 0 Å². The second kappa shape index (κ2) is 12.4. The number of sulfonamides is 1. The van der Waals surface area contributed by atoms with Gasteiger partial charge < -0.3 is 10.2 Å². The summed E-state index contributed by atoms with van der Waals surface area (Å²) < 4.78 is 65.4. The van der Waals surface area contributed by atoms with E-state index >= 15 is 0 Å². The van der Waals surface area contributed by atoms with Crippen LogP contribution >= 0.6 is 11.6 Å². The standard InChI is InChI=1S/C24H29ClF3N3O4S/c1-4-13-29-23(33)21(5-2)30(15-17-9-11-19(25)12-10-17)22(32)16-31(36(3,34)35)20-8-6-7-18(14-20)24(26,27)28/h6-12,14,21H,4-5,13,15-16H2,1-3H3,(H,29,33)/t21-/m0/s1. The summed E-state index contributed by atoms with van der Waals surface area (Å²) in [5, 5.41) is 3.21. The van der Waals surface area contributed by atoms with Gasteiger partial charge in [0.05, 0.1) is 17.5 Å². The Balaban J connectivity index is 2.46. The zero-order chi connectivity index (χ0) is 27.1. The third kappa shape index (κ3) is 8.12. The van der Waals surface area contributed by atoms with Gasteiger partial charge in [-0.05, 0) is 48.7 Å². The monoisotopic (exact) mass is 547 g/mol. The molecule has 0 radical (unpaired) electrons. The number of alkyl halides is 3. The van der Waals surface area contributed by atoms with Gasteiger partial charge in [0.15, 0.2) is 0 Å². The van der Waals surface area contributed by atoms with Gasteiger partial charge in [-0.2, -0.15) is 13.2 Å². The molecule has 0 unspecified atom stereocenters. The highest BCUT2D eigenvalue weighted by atomic mass is 35.5. The predicted octanol–water partition coefficient (Wildman–Crippen LogP) is 4.46. The van der Waals surface area contributed by atoms with Gasteiger partial charge in [-0.1, -0.05) is 43.6 Å². The van der Waals surface area contributed by atoms with Crippen LogP contribution in [-0.2, 0) is 32.3 Å². The molecule has 2 rings (SSSR count). The molecule has 12 heteroatoms. The second-order valence-electron chi connectivity index (χ2n) is 8.18. The number of carbonyl (C=O) groups is 2. The Labute approximate surface area is 214 Å². The molecule has 0 fully saturated rings. The van der Waals surface area contributed by atoms with Crippen LogP contribution < -0.4 is 9.62 Å². The van der Waals surface area contributed by atoms with E-state index in [0.29, 0.717) is 33.9 Å². The van der Waals surface area contributed by atoms with Crippen molar-refractivity contribution in [1.29, 1.82) is 0 Å². The summed E-state index contributed by atoms with van der Waals surface area (Å²) in [4.78, 5) is 27.6. The number of nitrogens with zero attached hydrogens (tertiary/aromatic N) is 2. The largest absolute Gasteiger partial charge is 0.416 e. The molecule has 2 amide bonds. The minimum Gasteiger partial charge on any atom is -0.354 e. The second-order valence-corrected chi connectivity index (χ2v) is 10.5. The number of rotatable bonds is 11. The third-order valence-electron chi connectivity index (χ3n) is 5.34. The zero-order valence-electron chi connectivity index (χ0n) is 20.2. The van der Waals surface area contributed by atoms with Gasteiger partial charge in [0.25, 0.3) is 0 Å². The van der Waals surface area contributed by atoms with E-state index in [-0.39, 0.29) is 18.7 Å². The van der Waals surface area contributed by atoms with Crippen molar-refractivity contribution in [1.82, 2.24) is 10.2 Å². The zero-order valence-corrected chi connectivity index (χ0v) is 21.8. The van der Waals surface area contributed by atoms with E-state index in [2.05, 4.69) is 5.32 Å². The first-order valence-electron chi connectivity index (χ1n) is 11.2. The quantitative estimate of drug-likeness (QED) is 0.450. The lowest BCUT2D eigenvalue weighted by molar-refractivity contribution is -0.140. The Morgan fingerprint density at radius 1 is 1.08 bits per heavy atom. The van der Waals surface area contributed by atoms with Crippen molar-refractivity contribution in [3.8, 4) is 0 Å². The Kier molecular flexibility index (Phi) is 10.2. The van der Waals surface area contributed by atoms with Gasteiger partial charge in [0.1, 0.15) is 12.6 Å². The van der Waals surface area contributed by atoms with Crippen molar-refractivity contribution in [3.05, 3.63) is 64.7 Å². The number of carbonyl (C=O) groups excluding carboxylic acids is 2. The Morgan fingerprint density at radius 3 is 2.25 bits per heavy atom. The highest BCUT2D eigenvalue weighted by molar-refractivity contribution is 7.92. The maximum Gasteiger partial charge on any atom is 0.416 e. The molecule has 0 aliphatic rings. The molecule has 0 saturated carbocycles. The van der Waals surface area contributed by atoms with Gasteiger partial charge in [-0.25, -0.2) is 8.42 Å². The summed E-state index contributed by atoms with van der Waals surface area (Å²) >= 11 is 5.94. The van der Waals surface area contributed by atoms with E-state index < -0.39 is 46.2 Å². The SMILES string of the molecule is CCCNC(=O)[C@H](CC)N(Cc1ccc(Cl)cc1)C(=O)CN(c1cccc(C(F)(F)F)c1)S(C)(=O)=O. The number of benzene rings is 2. The Hall–Kier alpha value is -2.79. The molecular weight excluding hydrogens is 519 g/mol. The smallest absolute Gasteiger partial charge is 0.354 e. The maximum atomic E-state index is 13.5. The molecule has 0 saturated heterocycles. The van der Waals surface area contributed by atoms with Crippen LogP contribution in [0.25, 0.3) is 0 Å². The molecule has 0 heterocycles. The summed E-state index contributed by atoms with van der Waals surface area (Å²) in [6.45, 7) is 3.15. The van der Waals surface area contributed by atoms with Gasteiger partial charge in [-0.3, -0.25) is 13.9 Å². The number of halogens is 4. The van der Waals surface area contributed by atoms with E-state index in [1.54, 1.807) is 31.2 Å². The molecule has 198 valence electrons. The van der Waals surface area contributed by atoms with E-state index in [0.717, 1.165) is 18.4 Å². The van der Waals surface area contributed by atoms with Gasteiger partial charge in [0.2, 0.25) is 21.8 Å². The van der Waals surface area contributed by atoms with Crippen LogP contribution in [0.15, 0.2) is 48.5 Å². The molecule has 0 spiro atoms. The summed E-state index contributed by atoms with van der Waals surface area (Å²) in [6, 6.07) is 9.36. The van der Waals surface area contributed by atoms with Crippen molar-refractivity contribution < 1.29 is 31.2 Å². The molecule has 1 atom stereocenters. The maximum absolute atomic E-state index is 13.5. The number of anilines is 1. The van der Waals surface area contributed by atoms with Crippen LogP contribution in [0.5, 0.6) is 0 Å². The number of amides is 2. The van der Waals surface area contributed by atoms with E-state index in [4.69, 9.17) is 11.6 Å². The van der Waals surface area contributed by atoms with Crippen molar-refractivity contribution >= 4 is 39.1 Å². The molecule has 2 aromatic rings. The fraction of sp³-hybridized carbons (Fsp3) is 0.417. The highest BCUT2D eigenvalue weighted by Gasteiger charge is 2.34. The topological polar surface area (TPSA) is 86.8 Å². The molecular formula is C24H29ClF3N3O4S. The van der Waals surface area contributed by atoms with Crippen LogP contribution in [0, 0.1) is 0 Å². The lowest BCUT2D eigenvalue weighted by Crippen LogP contribution is -2.52. The lowest BCUT2D eigenvalue weighted by atomic mass is 10.1. The van der Waals surface area contributed by atoms with Crippen LogP contribution in [0.1, 0.15) is 37.8 Å². The minimum atomic E-state index is -4.70. The first kappa shape index (κ1) is 29.4. The van der Waals surface area contributed by atoms with E-state index in [9.17, 15) is 31.2 Å². The number of hydrogen-bond acceptors (Lipinski definition) is 4. The summed E-state index contributed by atoms with van der Waals surface area (Å²) in [7, 11) is -4.15. The van der Waals surface area contributed by atoms with Crippen LogP contribution in [0.4, 0.5) is 18.9 Å². The first-order chi connectivity index (χ1) is 16.8. The third-order valence-corrected chi connectivity index (χ3v) is 6.73. The van der Waals surface area contributed by atoms with Crippen LogP contribution in [-0.4, -0.2) is 50.5 Å². The van der Waals surface area contributed by atoms with Crippen molar-refractivity contribution in [2.24, 2.45) is 0 Å². The molecule has 2 aromatic carbocycles. The molecule has 0 aliphatic heterocycles. The van der Waals surface area contributed by atoms with Crippen molar-refractivity contribution in [2.45, 2.75) is 45.5 Å². The number of hydrogen-bond donors (Lipinski definition) is 1. The Bertz CT molecular complexity index is 1160. The van der Waals surface area contributed by atoms with Crippen LogP contribution in [0.2, 0.25) is 5.02 Å². The highest BCUT2D eigenvalue weighted by Crippen LogP contribution is 2.32. The Morgan fingerprint density at radius 2 is 1.72 bits per heavy atom. The minimum absolute atomic E-state index is 0.0335. The molecule has 1 N–H and O–H groups in total. The van der Waals surface area contributed by atoms with Gasteiger partial charge >= 0.3 is 6.18 Å². The summed E-state index contributed by atoms with van der Waals surface area (Å²) in [5.74, 6) is -1.15. The summed E-state index contributed by atoms with van der Waals surface area (Å²) in [5.41, 5.74) is -0.723. The average Bonchev–Trinajstić information content (AvgIpc) is 2.80. The summed E-state index contributed by atoms with van der Waals surface area (Å²) in [6.07, 6.45) is -2.99. The average molecular weight is 548 g/mol. The lowest BCUT2D eigenvalue weighted by Gasteiger charge is -2.33. The van der Waals surface area contributed by atoms with Gasteiger partial charge in [0, 0.05) is 18.1 Å². The molecule has 0 aliphatic carbocycles. The molecule has 7 nitrogen and oxygen atoms in total. The fourth-order valence-electron chi connectivity index (χ4n) is 3.52. The number of nitrogens with one attached hydrogen (secondary N) is 1. The fourth-order valence-corrected chi connectivity index (χ4v) is 4.49. The molecule has 0 aromatic heterocycles. The first-order valence-corrected chi connectivity index (χ1v) is 13.5. The van der Waals surface area contributed by atoms with E-state index in [1.165, 1.54) is 11.0 Å².